The number of hydrogen-bond acceptors (Lipinski definition) is 5. The third-order valence-electron chi connectivity index (χ3n) is 2.63. The topological polar surface area (TPSA) is 86.8 Å². The van der Waals surface area contributed by atoms with Gasteiger partial charge in [0.1, 0.15) is 12.1 Å². The van der Waals surface area contributed by atoms with E-state index in [1.807, 2.05) is 0 Å². The number of carboxylic acids is 1. The lowest BCUT2D eigenvalue weighted by molar-refractivity contribution is -0.120. The molecule has 6 nitrogen and oxygen atoms in total. The summed E-state index contributed by atoms with van der Waals surface area (Å²) in [6.07, 6.45) is -4.48. The largest absolute Gasteiger partial charge is 0.478 e. The first kappa shape index (κ1) is 15.1. The Bertz CT molecular complexity index is 653. The minimum absolute atomic E-state index is 0.0604. The SMILES string of the molecule is O=C(O)c1ccc2nc(N(CCO)CC(F)(F)F)oc2c1. The summed E-state index contributed by atoms with van der Waals surface area (Å²) in [5.41, 5.74) is 0.241. The van der Waals surface area contributed by atoms with E-state index < -0.39 is 25.3 Å². The maximum absolute atomic E-state index is 12.5. The molecule has 21 heavy (non-hydrogen) atoms. The number of aromatic carboxylic acids is 1. The van der Waals surface area contributed by atoms with Crippen LogP contribution in [0.2, 0.25) is 0 Å². The van der Waals surface area contributed by atoms with Crippen molar-refractivity contribution in [1.82, 2.24) is 4.98 Å². The number of alkyl halides is 3. The quantitative estimate of drug-likeness (QED) is 0.877. The molecule has 2 N–H and O–H groups in total. The molecule has 9 heteroatoms. The third-order valence-corrected chi connectivity index (χ3v) is 2.63. The normalized spacial score (nSPS) is 11.8. The van der Waals surface area contributed by atoms with Crippen molar-refractivity contribution in [3.63, 3.8) is 0 Å². The number of fused-ring (bicyclic) bond motifs is 1. The second kappa shape index (κ2) is 5.60. The van der Waals surface area contributed by atoms with Crippen molar-refractivity contribution in [2.45, 2.75) is 6.18 Å². The number of carbonyl (C=O) groups is 1. The van der Waals surface area contributed by atoms with Gasteiger partial charge in [0.15, 0.2) is 5.58 Å². The maximum atomic E-state index is 12.5. The van der Waals surface area contributed by atoms with Crippen LogP contribution in [0, 0.1) is 0 Å². The van der Waals surface area contributed by atoms with Gasteiger partial charge in [0, 0.05) is 6.54 Å². The lowest BCUT2D eigenvalue weighted by atomic mass is 10.2. The molecule has 0 aliphatic heterocycles. The van der Waals surface area contributed by atoms with Gasteiger partial charge in [0.25, 0.3) is 6.01 Å². The number of carboxylic acid groups (broad SMARTS) is 1. The highest BCUT2D eigenvalue weighted by Crippen LogP contribution is 2.26. The molecule has 0 bridgehead atoms. The zero-order chi connectivity index (χ0) is 15.6. The molecule has 114 valence electrons. The predicted octanol–water partition coefficient (Wildman–Crippen LogP) is 1.89. The monoisotopic (exact) mass is 304 g/mol. The van der Waals surface area contributed by atoms with Crippen molar-refractivity contribution >= 4 is 23.1 Å². The molecule has 1 aromatic carbocycles. The van der Waals surface area contributed by atoms with Crippen molar-refractivity contribution in [3.8, 4) is 0 Å². The van der Waals surface area contributed by atoms with Crippen molar-refractivity contribution in [2.75, 3.05) is 24.6 Å². The summed E-state index contributed by atoms with van der Waals surface area (Å²) in [6, 6.07) is 3.48. The van der Waals surface area contributed by atoms with Crippen LogP contribution in [-0.2, 0) is 0 Å². The number of aliphatic hydroxyl groups excluding tert-OH is 1. The van der Waals surface area contributed by atoms with Crippen LogP contribution in [-0.4, -0.2) is 47.0 Å². The molecule has 1 heterocycles. The van der Waals surface area contributed by atoms with Crippen molar-refractivity contribution in [1.29, 1.82) is 0 Å². The van der Waals surface area contributed by atoms with Crippen LogP contribution in [0.1, 0.15) is 10.4 Å². The first-order valence-electron chi connectivity index (χ1n) is 5.86. The molecule has 0 radical (unpaired) electrons. The Labute approximate surface area is 116 Å². The van der Waals surface area contributed by atoms with Crippen LogP contribution in [0.25, 0.3) is 11.1 Å². The molecule has 0 atom stereocenters. The van der Waals surface area contributed by atoms with Crippen molar-refractivity contribution in [2.24, 2.45) is 0 Å². The van der Waals surface area contributed by atoms with E-state index in [9.17, 15) is 18.0 Å². The fourth-order valence-electron chi connectivity index (χ4n) is 1.76. The molecule has 0 unspecified atom stereocenters. The van der Waals surface area contributed by atoms with Gasteiger partial charge in [-0.1, -0.05) is 0 Å². The van der Waals surface area contributed by atoms with Gasteiger partial charge in [-0.3, -0.25) is 0 Å². The summed E-state index contributed by atoms with van der Waals surface area (Å²) < 4.78 is 42.6. The van der Waals surface area contributed by atoms with Gasteiger partial charge in [-0.2, -0.15) is 18.2 Å². The fraction of sp³-hybridized carbons (Fsp3) is 0.333. The predicted molar refractivity (Wildman–Crippen MR) is 66.3 cm³/mol. The molecule has 1 aromatic heterocycles. The number of aliphatic hydroxyl groups is 1. The van der Waals surface area contributed by atoms with Crippen LogP contribution >= 0.6 is 0 Å². The van der Waals surface area contributed by atoms with Gasteiger partial charge in [-0.05, 0) is 18.2 Å². The van der Waals surface area contributed by atoms with Gasteiger partial charge < -0.3 is 19.5 Å². The van der Waals surface area contributed by atoms with Crippen LogP contribution in [0.4, 0.5) is 19.2 Å². The molecule has 2 rings (SSSR count). The number of hydrogen-bond donors (Lipinski definition) is 2. The van der Waals surface area contributed by atoms with Gasteiger partial charge in [0.2, 0.25) is 0 Å². The molecule has 0 saturated carbocycles. The smallest absolute Gasteiger partial charge is 0.406 e. The number of aromatic nitrogens is 1. The minimum Gasteiger partial charge on any atom is -0.478 e. The maximum Gasteiger partial charge on any atom is 0.406 e. The number of oxazole rings is 1. The van der Waals surface area contributed by atoms with Crippen LogP contribution in [0.15, 0.2) is 22.6 Å². The van der Waals surface area contributed by atoms with E-state index >= 15 is 0 Å². The molecule has 0 spiro atoms. The second-order valence-corrected chi connectivity index (χ2v) is 4.24. The molecular weight excluding hydrogens is 293 g/mol. The summed E-state index contributed by atoms with van der Waals surface area (Å²) in [6.45, 7) is -2.14. The molecule has 0 fully saturated rings. The minimum atomic E-state index is -4.48. The van der Waals surface area contributed by atoms with Crippen LogP contribution in [0.5, 0.6) is 0 Å². The van der Waals surface area contributed by atoms with E-state index in [2.05, 4.69) is 4.98 Å². The van der Waals surface area contributed by atoms with Gasteiger partial charge in [-0.15, -0.1) is 0 Å². The van der Waals surface area contributed by atoms with E-state index in [0.29, 0.717) is 0 Å². The molecule has 0 aliphatic carbocycles. The standard InChI is InChI=1S/C12H11F3N2O4/c13-12(14,15)6-17(3-4-18)11-16-8-2-1-7(10(19)20)5-9(8)21-11/h1-2,5,18H,3-4,6H2,(H,19,20). The number of rotatable bonds is 5. The van der Waals surface area contributed by atoms with E-state index in [-0.39, 0.29) is 29.2 Å². The molecule has 2 aromatic rings. The zero-order valence-electron chi connectivity index (χ0n) is 10.6. The van der Waals surface area contributed by atoms with E-state index in [1.54, 1.807) is 0 Å². The van der Waals surface area contributed by atoms with Crippen LogP contribution < -0.4 is 4.90 Å². The highest BCUT2D eigenvalue weighted by Gasteiger charge is 2.32. The fourth-order valence-corrected chi connectivity index (χ4v) is 1.76. The number of halogens is 3. The van der Waals surface area contributed by atoms with Crippen molar-refractivity contribution in [3.05, 3.63) is 23.8 Å². The van der Waals surface area contributed by atoms with E-state index in [4.69, 9.17) is 14.6 Å². The average molecular weight is 304 g/mol. The van der Waals surface area contributed by atoms with E-state index in [0.717, 1.165) is 4.90 Å². The molecule has 0 aliphatic rings. The van der Waals surface area contributed by atoms with Gasteiger partial charge in [-0.25, -0.2) is 4.79 Å². The Hall–Kier alpha value is -2.29. The lowest BCUT2D eigenvalue weighted by Gasteiger charge is -2.20. The summed E-state index contributed by atoms with van der Waals surface area (Å²) in [7, 11) is 0. The van der Waals surface area contributed by atoms with Gasteiger partial charge in [0.05, 0.1) is 12.2 Å². The number of anilines is 1. The Kier molecular flexibility index (Phi) is 4.03. The van der Waals surface area contributed by atoms with E-state index in [1.165, 1.54) is 18.2 Å². The highest BCUT2D eigenvalue weighted by molar-refractivity contribution is 5.92. The molecule has 0 saturated heterocycles. The Morgan fingerprint density at radius 3 is 2.67 bits per heavy atom. The van der Waals surface area contributed by atoms with Crippen molar-refractivity contribution < 1.29 is 32.6 Å². The molecular formula is C12H11F3N2O4. The summed E-state index contributed by atoms with van der Waals surface area (Å²) >= 11 is 0. The summed E-state index contributed by atoms with van der Waals surface area (Å²) in [5.74, 6) is -1.18. The number of nitrogens with zero attached hydrogens (tertiary/aromatic N) is 2. The first-order chi connectivity index (χ1) is 9.80. The summed E-state index contributed by atoms with van der Waals surface area (Å²) in [5, 5.41) is 17.7. The second-order valence-electron chi connectivity index (χ2n) is 4.24. The highest BCUT2D eigenvalue weighted by atomic mass is 19.4. The van der Waals surface area contributed by atoms with Crippen LogP contribution in [0.3, 0.4) is 0 Å². The number of benzene rings is 1. The average Bonchev–Trinajstić information content (AvgIpc) is 2.79. The van der Waals surface area contributed by atoms with Gasteiger partial charge >= 0.3 is 12.1 Å². The lowest BCUT2D eigenvalue weighted by Crippen LogP contribution is -2.36. The molecule has 0 amide bonds. The third kappa shape index (κ3) is 3.63. The Morgan fingerprint density at radius 1 is 1.38 bits per heavy atom. The first-order valence-corrected chi connectivity index (χ1v) is 5.86. The Balaban J connectivity index is 2.36. The zero-order valence-corrected chi connectivity index (χ0v) is 10.6. The summed E-state index contributed by atoms with van der Waals surface area (Å²) in [4.78, 5) is 15.4. The Morgan fingerprint density at radius 2 is 2.10 bits per heavy atom.